The zero-order valence-electron chi connectivity index (χ0n) is 23.3. The number of hydrogen-bond acceptors (Lipinski definition) is 7. The summed E-state index contributed by atoms with van der Waals surface area (Å²) >= 11 is 5.23. The molecule has 1 aliphatic heterocycles. The Labute approximate surface area is 249 Å². The van der Waals surface area contributed by atoms with Gasteiger partial charge in [-0.05, 0) is 73.8 Å². The molecular weight excluding hydrogens is 572 g/mol. The summed E-state index contributed by atoms with van der Waals surface area (Å²) in [6, 6.07) is 19.9. The lowest BCUT2D eigenvalue weighted by atomic mass is 9.63. The van der Waals surface area contributed by atoms with Crippen LogP contribution in [-0.4, -0.2) is 36.8 Å². The molecule has 0 bridgehead atoms. The molecule has 2 atom stereocenters. The summed E-state index contributed by atoms with van der Waals surface area (Å²) in [6.07, 6.45) is 1.26. The number of hydrogen-bond donors (Lipinski definition) is 3. The number of amidine groups is 1. The number of nitrogens with one attached hydrogen (secondary N) is 3. The maximum absolute atomic E-state index is 14.0. The van der Waals surface area contributed by atoms with Gasteiger partial charge in [-0.15, -0.1) is 4.40 Å². The van der Waals surface area contributed by atoms with Crippen molar-refractivity contribution < 1.29 is 22.8 Å². The number of anilines is 2. The minimum Gasteiger partial charge on any atom is -0.341 e. The highest BCUT2D eigenvalue weighted by Crippen LogP contribution is 2.43. The Morgan fingerprint density at radius 2 is 1.74 bits per heavy atom. The third-order valence-corrected chi connectivity index (χ3v) is 9.15. The van der Waals surface area contributed by atoms with E-state index in [1.807, 2.05) is 6.92 Å². The number of fused-ring (bicyclic) bond motifs is 2. The highest BCUT2D eigenvalue weighted by Gasteiger charge is 2.51. The van der Waals surface area contributed by atoms with Crippen molar-refractivity contribution in [3.63, 3.8) is 0 Å². The van der Waals surface area contributed by atoms with Crippen molar-refractivity contribution in [1.82, 2.24) is 5.32 Å². The average Bonchev–Trinajstić information content (AvgIpc) is 2.95. The summed E-state index contributed by atoms with van der Waals surface area (Å²) in [5.74, 6) is -2.56. The third kappa shape index (κ3) is 5.49. The monoisotopic (exact) mass is 602 g/mol. The summed E-state index contributed by atoms with van der Waals surface area (Å²) in [5.41, 5.74) is 0.954. The Hall–Kier alpha value is -4.22. The number of rotatable bonds is 6. The fourth-order valence-corrected chi connectivity index (χ4v) is 6.69. The zero-order chi connectivity index (χ0) is 30.2. The van der Waals surface area contributed by atoms with E-state index < -0.39 is 33.0 Å². The zero-order valence-corrected chi connectivity index (χ0v) is 24.9. The molecule has 0 saturated heterocycles. The molecule has 2 aliphatic rings. The molecule has 0 fully saturated rings. The molecule has 5 rings (SSSR count). The average molecular weight is 603 g/mol. The minimum absolute atomic E-state index is 0.0214. The predicted octanol–water partition coefficient (Wildman–Crippen LogP) is 5.10. The molecule has 3 aromatic carbocycles. The van der Waals surface area contributed by atoms with Crippen LogP contribution in [0.4, 0.5) is 11.4 Å². The Kier molecular flexibility index (Phi) is 7.82. The second kappa shape index (κ2) is 11.2. The van der Waals surface area contributed by atoms with Crippen molar-refractivity contribution in [2.24, 2.45) is 16.2 Å². The molecule has 1 amide bonds. The van der Waals surface area contributed by atoms with E-state index in [1.54, 1.807) is 60.7 Å². The fraction of sp³-hybridized carbons (Fsp3) is 0.258. The van der Waals surface area contributed by atoms with Crippen molar-refractivity contribution in [2.45, 2.75) is 43.9 Å². The fourth-order valence-electron chi connectivity index (χ4n) is 5.30. The largest absolute Gasteiger partial charge is 0.341 e. The van der Waals surface area contributed by atoms with Gasteiger partial charge in [0.15, 0.2) is 16.7 Å². The van der Waals surface area contributed by atoms with E-state index in [1.165, 1.54) is 12.1 Å². The quantitative estimate of drug-likeness (QED) is 0.262. The molecular formula is C31H30N4O5S2. The summed E-state index contributed by atoms with van der Waals surface area (Å²) in [4.78, 5) is 39.9. The lowest BCUT2D eigenvalue weighted by molar-refractivity contribution is -0.125. The van der Waals surface area contributed by atoms with Gasteiger partial charge in [0.2, 0.25) is 0 Å². The minimum atomic E-state index is -4.30. The van der Waals surface area contributed by atoms with Crippen molar-refractivity contribution in [1.29, 1.82) is 0 Å². The maximum Gasteiger partial charge on any atom is 0.286 e. The molecule has 3 N–H and O–H groups in total. The lowest BCUT2D eigenvalue weighted by Crippen LogP contribution is -2.51. The first-order valence-electron chi connectivity index (χ1n) is 13.5. The number of sulfonamides is 1. The molecule has 3 aromatic rings. The van der Waals surface area contributed by atoms with Crippen LogP contribution < -0.4 is 16.0 Å². The molecule has 9 nitrogen and oxygen atoms in total. The van der Waals surface area contributed by atoms with E-state index in [-0.39, 0.29) is 27.3 Å². The van der Waals surface area contributed by atoms with Crippen LogP contribution in [0, 0.1) is 11.8 Å². The first kappa shape index (κ1) is 29.3. The van der Waals surface area contributed by atoms with Crippen LogP contribution in [0.5, 0.6) is 0 Å². The van der Waals surface area contributed by atoms with Crippen LogP contribution in [0.15, 0.2) is 82.1 Å². The van der Waals surface area contributed by atoms with Crippen LogP contribution >= 0.6 is 12.2 Å². The van der Waals surface area contributed by atoms with Crippen LogP contribution in [0.3, 0.4) is 0 Å². The van der Waals surface area contributed by atoms with Crippen molar-refractivity contribution in [3.05, 3.63) is 89.5 Å². The summed E-state index contributed by atoms with van der Waals surface area (Å²) < 4.78 is 30.7. The first-order chi connectivity index (χ1) is 19.9. The first-order valence-corrected chi connectivity index (χ1v) is 15.4. The van der Waals surface area contributed by atoms with E-state index in [0.717, 1.165) is 6.42 Å². The third-order valence-electron chi connectivity index (χ3n) is 7.61. The number of amides is 1. The van der Waals surface area contributed by atoms with Gasteiger partial charge in [0.1, 0.15) is 16.6 Å². The SMILES string of the molecule is CC(C)CC[C@@]1(C)C(=O)C(C2=NS(=O)(=O)c3cc(NC(=S)NC(=O)c4ccccc4)ccc3N2)C(=O)c2ccccc21. The smallest absolute Gasteiger partial charge is 0.286 e. The van der Waals surface area contributed by atoms with Crippen LogP contribution in [-0.2, 0) is 20.2 Å². The molecule has 0 saturated carbocycles. The van der Waals surface area contributed by atoms with E-state index >= 15 is 0 Å². The van der Waals surface area contributed by atoms with E-state index in [2.05, 4.69) is 34.2 Å². The molecule has 11 heteroatoms. The standard InChI is InChI=1S/C31H30N4O5S2/c1-18(2)15-16-31(3)22-12-8-7-11-21(22)26(36)25(27(31)37)28-33-23-14-13-20(17-24(23)42(39,40)35-28)32-30(41)34-29(38)19-9-5-4-6-10-19/h4-14,17-18,25H,15-16H2,1-3H3,(H,33,35)(H2,32,34,38,41)/t25?,31-/m1/s1. The number of ketones is 2. The molecule has 1 aliphatic carbocycles. The molecule has 1 heterocycles. The van der Waals surface area contributed by atoms with E-state index in [9.17, 15) is 22.8 Å². The second-order valence-corrected chi connectivity index (χ2v) is 13.0. The Balaban J connectivity index is 1.42. The summed E-state index contributed by atoms with van der Waals surface area (Å²) in [7, 11) is -4.30. The topological polar surface area (TPSA) is 134 Å². The number of benzene rings is 3. The van der Waals surface area contributed by atoms with Gasteiger partial charge in [0.25, 0.3) is 15.9 Å². The molecule has 0 radical (unpaired) electrons. The predicted molar refractivity (Wildman–Crippen MR) is 166 cm³/mol. The number of thiocarbonyl (C=S) groups is 1. The van der Waals surface area contributed by atoms with Crippen molar-refractivity contribution in [3.8, 4) is 0 Å². The van der Waals surface area contributed by atoms with Gasteiger partial charge in [-0.3, -0.25) is 19.7 Å². The molecule has 0 aromatic heterocycles. The van der Waals surface area contributed by atoms with Crippen molar-refractivity contribution >= 4 is 62.0 Å². The highest BCUT2D eigenvalue weighted by atomic mass is 32.2. The van der Waals surface area contributed by atoms with Gasteiger partial charge >= 0.3 is 0 Å². The van der Waals surface area contributed by atoms with E-state index in [0.29, 0.717) is 34.7 Å². The number of Topliss-reactive ketones (excluding diaryl/α,β-unsaturated/α-hetero) is 2. The van der Waals surface area contributed by atoms with Gasteiger partial charge in [0.05, 0.1) is 11.1 Å². The molecule has 0 spiro atoms. The van der Waals surface area contributed by atoms with Crippen LogP contribution in [0.1, 0.15) is 59.9 Å². The lowest BCUT2D eigenvalue weighted by Gasteiger charge is -2.39. The van der Waals surface area contributed by atoms with Crippen molar-refractivity contribution in [2.75, 3.05) is 10.6 Å². The Morgan fingerprint density at radius 3 is 2.45 bits per heavy atom. The summed E-state index contributed by atoms with van der Waals surface area (Å²) in [6.45, 7) is 5.95. The Morgan fingerprint density at radius 1 is 1.05 bits per heavy atom. The van der Waals surface area contributed by atoms with Gasteiger partial charge in [0, 0.05) is 16.8 Å². The maximum atomic E-state index is 14.0. The van der Waals surface area contributed by atoms with Crippen LogP contribution in [0.2, 0.25) is 0 Å². The van der Waals surface area contributed by atoms with Gasteiger partial charge in [-0.1, -0.05) is 56.3 Å². The van der Waals surface area contributed by atoms with E-state index in [4.69, 9.17) is 12.2 Å². The van der Waals surface area contributed by atoms with Gasteiger partial charge in [-0.25, -0.2) is 0 Å². The Bertz CT molecular complexity index is 1750. The molecule has 216 valence electrons. The second-order valence-electron chi connectivity index (χ2n) is 11.0. The van der Waals surface area contributed by atoms with Crippen LogP contribution in [0.25, 0.3) is 0 Å². The normalized spacial score (nSPS) is 20.6. The number of carbonyl (C=O) groups excluding carboxylic acids is 3. The highest BCUT2D eigenvalue weighted by molar-refractivity contribution is 7.90. The molecule has 42 heavy (non-hydrogen) atoms. The van der Waals surface area contributed by atoms with Gasteiger partial charge in [-0.2, -0.15) is 8.42 Å². The summed E-state index contributed by atoms with van der Waals surface area (Å²) in [5, 5.41) is 8.29. The number of nitrogens with zero attached hydrogens (tertiary/aromatic N) is 1. The number of carbonyl (C=O) groups is 3. The molecule has 1 unspecified atom stereocenters. The van der Waals surface area contributed by atoms with Gasteiger partial charge < -0.3 is 10.6 Å².